The Bertz CT molecular complexity index is 276. The van der Waals surface area contributed by atoms with Gasteiger partial charge in [-0.25, -0.2) is 0 Å². The van der Waals surface area contributed by atoms with Gasteiger partial charge < -0.3 is 16.0 Å². The maximum Gasteiger partial charge on any atom is 0.224 e. The molecule has 0 aromatic rings. The lowest BCUT2D eigenvalue weighted by molar-refractivity contribution is -0.125. The smallest absolute Gasteiger partial charge is 0.224 e. The monoisotopic (exact) mass is 253 g/mol. The zero-order valence-corrected chi connectivity index (χ0v) is 11.5. The zero-order valence-electron chi connectivity index (χ0n) is 11.5. The van der Waals surface area contributed by atoms with Crippen molar-refractivity contribution >= 4 is 5.91 Å². The van der Waals surface area contributed by atoms with E-state index in [0.717, 1.165) is 38.4 Å². The van der Waals surface area contributed by atoms with Gasteiger partial charge in [0.1, 0.15) is 0 Å². The molecule has 0 aromatic heterocycles. The Morgan fingerprint density at radius 3 is 2.56 bits per heavy atom. The van der Waals surface area contributed by atoms with Crippen molar-refractivity contribution < 1.29 is 4.79 Å². The summed E-state index contributed by atoms with van der Waals surface area (Å²) in [7, 11) is 2.17. The van der Waals surface area contributed by atoms with Crippen molar-refractivity contribution in [3.8, 4) is 0 Å². The minimum Gasteiger partial charge on any atom is -0.355 e. The molecule has 2 unspecified atom stereocenters. The first kappa shape index (κ1) is 13.8. The van der Waals surface area contributed by atoms with Crippen LogP contribution in [0, 0.1) is 5.92 Å². The maximum absolute atomic E-state index is 11.9. The molecule has 1 amide bonds. The topological polar surface area (TPSA) is 58.4 Å². The molecule has 3 N–H and O–H groups in total. The SMILES string of the molecule is CN(CCNC(=O)C1CCCC1N)C1CCCC1. The van der Waals surface area contributed by atoms with E-state index in [1.54, 1.807) is 0 Å². The van der Waals surface area contributed by atoms with Crippen LogP contribution in [0.1, 0.15) is 44.9 Å². The lowest BCUT2D eigenvalue weighted by Crippen LogP contribution is -2.42. The highest BCUT2D eigenvalue weighted by Crippen LogP contribution is 2.24. The van der Waals surface area contributed by atoms with E-state index in [4.69, 9.17) is 5.73 Å². The molecule has 2 aliphatic rings. The first-order chi connectivity index (χ1) is 8.68. The van der Waals surface area contributed by atoms with E-state index in [-0.39, 0.29) is 17.9 Å². The fraction of sp³-hybridized carbons (Fsp3) is 0.929. The molecule has 2 atom stereocenters. The van der Waals surface area contributed by atoms with Crippen molar-refractivity contribution in [1.29, 1.82) is 0 Å². The number of carbonyl (C=O) groups is 1. The second-order valence-electron chi connectivity index (χ2n) is 5.91. The summed E-state index contributed by atoms with van der Waals surface area (Å²) in [6.45, 7) is 1.72. The van der Waals surface area contributed by atoms with E-state index in [2.05, 4.69) is 17.3 Å². The van der Waals surface area contributed by atoms with Gasteiger partial charge in [0.15, 0.2) is 0 Å². The molecular formula is C14H27N3O. The average Bonchev–Trinajstić information content (AvgIpc) is 2.99. The van der Waals surface area contributed by atoms with Gasteiger partial charge >= 0.3 is 0 Å². The Kier molecular flexibility index (Phi) is 5.01. The average molecular weight is 253 g/mol. The van der Waals surface area contributed by atoms with Crippen molar-refractivity contribution in [2.45, 2.75) is 57.0 Å². The highest BCUT2D eigenvalue weighted by Gasteiger charge is 2.30. The molecule has 0 heterocycles. The summed E-state index contributed by atoms with van der Waals surface area (Å²) in [6, 6.07) is 0.813. The first-order valence-electron chi connectivity index (χ1n) is 7.42. The fourth-order valence-corrected chi connectivity index (χ4v) is 3.33. The van der Waals surface area contributed by atoms with Gasteiger partial charge in [0, 0.05) is 25.2 Å². The highest BCUT2D eigenvalue weighted by atomic mass is 16.1. The molecule has 0 bridgehead atoms. The van der Waals surface area contributed by atoms with E-state index in [0.29, 0.717) is 0 Å². The minimum absolute atomic E-state index is 0.0572. The van der Waals surface area contributed by atoms with Gasteiger partial charge in [-0.3, -0.25) is 4.79 Å². The third kappa shape index (κ3) is 3.45. The van der Waals surface area contributed by atoms with Crippen LogP contribution in [-0.4, -0.2) is 43.0 Å². The number of hydrogen-bond acceptors (Lipinski definition) is 3. The molecule has 0 aromatic carbocycles. The number of carbonyl (C=O) groups excluding carboxylic acids is 1. The van der Waals surface area contributed by atoms with Crippen LogP contribution in [0.4, 0.5) is 0 Å². The molecule has 104 valence electrons. The van der Waals surface area contributed by atoms with Gasteiger partial charge in [0.2, 0.25) is 5.91 Å². The van der Waals surface area contributed by atoms with Gasteiger partial charge in [0.05, 0.1) is 5.92 Å². The summed E-state index contributed by atoms with van der Waals surface area (Å²) >= 11 is 0. The summed E-state index contributed by atoms with van der Waals surface area (Å²) in [4.78, 5) is 14.3. The number of nitrogens with zero attached hydrogens (tertiary/aromatic N) is 1. The van der Waals surface area contributed by atoms with E-state index >= 15 is 0 Å². The van der Waals surface area contributed by atoms with Crippen molar-refractivity contribution in [3.63, 3.8) is 0 Å². The second kappa shape index (κ2) is 6.53. The molecule has 2 rings (SSSR count). The number of likely N-dealkylation sites (N-methyl/N-ethyl adjacent to an activating group) is 1. The van der Waals surface area contributed by atoms with Gasteiger partial charge in [0.25, 0.3) is 0 Å². The predicted octanol–water partition coefficient (Wildman–Crippen LogP) is 1.10. The molecule has 2 aliphatic carbocycles. The summed E-state index contributed by atoms with van der Waals surface area (Å²) in [5.74, 6) is 0.224. The summed E-state index contributed by atoms with van der Waals surface area (Å²) in [5, 5.41) is 3.05. The summed E-state index contributed by atoms with van der Waals surface area (Å²) < 4.78 is 0. The van der Waals surface area contributed by atoms with Crippen molar-refractivity contribution in [2.75, 3.05) is 20.1 Å². The fourth-order valence-electron chi connectivity index (χ4n) is 3.33. The summed E-state index contributed by atoms with van der Waals surface area (Å²) in [5.41, 5.74) is 5.94. The van der Waals surface area contributed by atoms with Crippen LogP contribution in [0.2, 0.25) is 0 Å². The maximum atomic E-state index is 11.9. The lowest BCUT2D eigenvalue weighted by Gasteiger charge is -2.24. The molecule has 0 aliphatic heterocycles. The number of amides is 1. The van der Waals surface area contributed by atoms with Crippen LogP contribution in [0.3, 0.4) is 0 Å². The number of nitrogens with two attached hydrogens (primary N) is 1. The normalized spacial score (nSPS) is 29.1. The lowest BCUT2D eigenvalue weighted by atomic mass is 10.0. The van der Waals surface area contributed by atoms with Gasteiger partial charge in [-0.1, -0.05) is 19.3 Å². The molecule has 0 radical (unpaired) electrons. The Labute approximate surface area is 110 Å². The van der Waals surface area contributed by atoms with Crippen LogP contribution in [0.5, 0.6) is 0 Å². The van der Waals surface area contributed by atoms with Crippen LogP contribution >= 0.6 is 0 Å². The second-order valence-corrected chi connectivity index (χ2v) is 5.91. The van der Waals surface area contributed by atoms with Crippen molar-refractivity contribution in [1.82, 2.24) is 10.2 Å². The van der Waals surface area contributed by atoms with Crippen LogP contribution in [0.15, 0.2) is 0 Å². The molecule has 2 fully saturated rings. The standard InChI is InChI=1S/C14H27N3O/c1-17(11-5-2-3-6-11)10-9-16-14(18)12-7-4-8-13(12)15/h11-13H,2-10,15H2,1H3,(H,16,18). The molecule has 4 heteroatoms. The predicted molar refractivity (Wildman–Crippen MR) is 73.2 cm³/mol. The number of nitrogens with one attached hydrogen (secondary N) is 1. The minimum atomic E-state index is 0.0572. The van der Waals surface area contributed by atoms with E-state index < -0.39 is 0 Å². The zero-order chi connectivity index (χ0) is 13.0. The van der Waals surface area contributed by atoms with Gasteiger partial charge in [-0.05, 0) is 32.7 Å². The Balaban J connectivity index is 1.63. The summed E-state index contributed by atoms with van der Waals surface area (Å²) in [6.07, 6.45) is 8.42. The third-order valence-electron chi connectivity index (χ3n) is 4.62. The molecule has 0 spiro atoms. The molecule has 4 nitrogen and oxygen atoms in total. The van der Waals surface area contributed by atoms with Crippen LogP contribution in [0.25, 0.3) is 0 Å². The van der Waals surface area contributed by atoms with Gasteiger partial charge in [-0.15, -0.1) is 0 Å². The van der Waals surface area contributed by atoms with Crippen LogP contribution in [-0.2, 0) is 4.79 Å². The van der Waals surface area contributed by atoms with E-state index in [1.807, 2.05) is 0 Å². The van der Waals surface area contributed by atoms with E-state index in [1.165, 1.54) is 25.7 Å². The quantitative estimate of drug-likeness (QED) is 0.771. The number of hydrogen-bond donors (Lipinski definition) is 2. The largest absolute Gasteiger partial charge is 0.355 e. The van der Waals surface area contributed by atoms with Crippen LogP contribution < -0.4 is 11.1 Å². The first-order valence-corrected chi connectivity index (χ1v) is 7.42. The van der Waals surface area contributed by atoms with Crippen molar-refractivity contribution in [3.05, 3.63) is 0 Å². The third-order valence-corrected chi connectivity index (χ3v) is 4.62. The van der Waals surface area contributed by atoms with E-state index in [9.17, 15) is 4.79 Å². The Morgan fingerprint density at radius 1 is 1.22 bits per heavy atom. The Morgan fingerprint density at radius 2 is 1.94 bits per heavy atom. The van der Waals surface area contributed by atoms with Gasteiger partial charge in [-0.2, -0.15) is 0 Å². The van der Waals surface area contributed by atoms with Crippen molar-refractivity contribution in [2.24, 2.45) is 11.7 Å². The molecule has 2 saturated carbocycles. The highest BCUT2D eigenvalue weighted by molar-refractivity contribution is 5.79. The Hall–Kier alpha value is -0.610. The molecular weight excluding hydrogens is 226 g/mol. The number of rotatable bonds is 5. The molecule has 18 heavy (non-hydrogen) atoms. The molecule has 0 saturated heterocycles.